The van der Waals surface area contributed by atoms with Crippen molar-refractivity contribution >= 4 is 17.3 Å². The summed E-state index contributed by atoms with van der Waals surface area (Å²) < 4.78 is 1.33. The van der Waals surface area contributed by atoms with Crippen LogP contribution >= 0.6 is 0 Å². The van der Waals surface area contributed by atoms with Gasteiger partial charge >= 0.3 is 5.82 Å². The normalized spacial score (nSPS) is 10.6. The maximum absolute atomic E-state index is 10.7. The molecule has 0 aromatic carbocycles. The van der Waals surface area contributed by atoms with Gasteiger partial charge in [-0.15, -0.1) is 0 Å². The van der Waals surface area contributed by atoms with Gasteiger partial charge in [-0.1, -0.05) is 0 Å². The second-order valence-electron chi connectivity index (χ2n) is 2.92. The lowest BCUT2D eigenvalue weighted by Crippen LogP contribution is -2.00. The number of pyridine rings is 1. The van der Waals surface area contributed by atoms with Crippen LogP contribution in [0.15, 0.2) is 18.2 Å². The van der Waals surface area contributed by atoms with Gasteiger partial charge in [-0.3, -0.25) is 0 Å². The third-order valence-electron chi connectivity index (χ3n) is 2.03. The summed E-state index contributed by atoms with van der Waals surface area (Å²) in [5, 5.41) is 10.7. The number of hydrogen-bond acceptors (Lipinski definition) is 4. The van der Waals surface area contributed by atoms with Crippen molar-refractivity contribution < 1.29 is 4.92 Å². The van der Waals surface area contributed by atoms with Gasteiger partial charge in [0, 0.05) is 12.1 Å². The molecule has 0 saturated heterocycles. The van der Waals surface area contributed by atoms with E-state index in [-0.39, 0.29) is 5.82 Å². The largest absolute Gasteiger partial charge is 0.364 e. The van der Waals surface area contributed by atoms with Crippen molar-refractivity contribution in [1.82, 2.24) is 9.38 Å². The van der Waals surface area contributed by atoms with Crippen molar-refractivity contribution in [3.63, 3.8) is 0 Å². The standard InChI is InChI=1S/C8H8N4O2/c1-5-8(9)11-6(10-5)3-2-4-7(11)12(13)14/h2-4H,9H2,1H3. The van der Waals surface area contributed by atoms with Crippen molar-refractivity contribution in [3.8, 4) is 0 Å². The Morgan fingerprint density at radius 1 is 1.57 bits per heavy atom. The highest BCUT2D eigenvalue weighted by molar-refractivity contribution is 5.56. The van der Waals surface area contributed by atoms with E-state index in [0.29, 0.717) is 17.2 Å². The van der Waals surface area contributed by atoms with Gasteiger partial charge in [0.05, 0.1) is 0 Å². The second-order valence-corrected chi connectivity index (χ2v) is 2.92. The molecule has 0 fully saturated rings. The monoisotopic (exact) mass is 192 g/mol. The molecule has 0 unspecified atom stereocenters. The number of anilines is 1. The summed E-state index contributed by atoms with van der Waals surface area (Å²) in [5.74, 6) is 0.243. The summed E-state index contributed by atoms with van der Waals surface area (Å²) in [7, 11) is 0. The van der Waals surface area contributed by atoms with E-state index >= 15 is 0 Å². The van der Waals surface area contributed by atoms with E-state index in [1.165, 1.54) is 10.5 Å². The molecule has 2 aromatic rings. The first-order chi connectivity index (χ1) is 6.61. The molecule has 0 saturated carbocycles. The molecule has 0 aliphatic heterocycles. The summed E-state index contributed by atoms with van der Waals surface area (Å²) in [5.41, 5.74) is 6.76. The molecule has 6 heteroatoms. The molecule has 2 aromatic heterocycles. The Hall–Kier alpha value is -2.11. The second kappa shape index (κ2) is 2.69. The Kier molecular flexibility index (Phi) is 1.63. The van der Waals surface area contributed by atoms with Crippen molar-refractivity contribution in [2.24, 2.45) is 0 Å². The zero-order chi connectivity index (χ0) is 10.3. The summed E-state index contributed by atoms with van der Waals surface area (Å²) in [4.78, 5) is 14.3. The van der Waals surface area contributed by atoms with Crippen LogP contribution in [0, 0.1) is 17.0 Å². The van der Waals surface area contributed by atoms with E-state index in [2.05, 4.69) is 4.98 Å². The summed E-state index contributed by atoms with van der Waals surface area (Å²) in [6.07, 6.45) is 0. The maximum Gasteiger partial charge on any atom is 0.331 e. The number of imidazole rings is 1. The molecule has 2 N–H and O–H groups in total. The molecule has 14 heavy (non-hydrogen) atoms. The minimum absolute atomic E-state index is 0.0689. The number of nitrogens with two attached hydrogens (primary N) is 1. The Morgan fingerprint density at radius 3 is 2.93 bits per heavy atom. The molecule has 0 aliphatic carbocycles. The Labute approximate surface area is 79.1 Å². The van der Waals surface area contributed by atoms with Crippen molar-refractivity contribution in [2.45, 2.75) is 6.92 Å². The lowest BCUT2D eigenvalue weighted by molar-refractivity contribution is -0.390. The Balaban J connectivity index is 2.91. The lowest BCUT2D eigenvalue weighted by Gasteiger charge is -1.97. The third kappa shape index (κ3) is 1.00. The third-order valence-corrected chi connectivity index (χ3v) is 2.03. The molecule has 0 bridgehead atoms. The van der Waals surface area contributed by atoms with Crippen molar-refractivity contribution in [3.05, 3.63) is 34.0 Å². The van der Waals surface area contributed by atoms with Crippen LogP contribution in [0.3, 0.4) is 0 Å². The molecule has 2 rings (SSSR count). The first-order valence-electron chi connectivity index (χ1n) is 3.99. The number of aromatic nitrogens is 2. The van der Waals surface area contributed by atoms with Gasteiger partial charge in [-0.05, 0) is 17.9 Å². The fourth-order valence-electron chi connectivity index (χ4n) is 1.35. The fraction of sp³-hybridized carbons (Fsp3) is 0.125. The predicted octanol–water partition coefficient (Wildman–Crippen LogP) is 1.13. The number of fused-ring (bicyclic) bond motifs is 1. The average molecular weight is 192 g/mol. The topological polar surface area (TPSA) is 86.5 Å². The predicted molar refractivity (Wildman–Crippen MR) is 51.0 cm³/mol. The van der Waals surface area contributed by atoms with E-state index in [4.69, 9.17) is 5.73 Å². The van der Waals surface area contributed by atoms with E-state index in [1.54, 1.807) is 19.1 Å². The van der Waals surface area contributed by atoms with Gasteiger partial charge in [0.15, 0.2) is 0 Å². The van der Waals surface area contributed by atoms with Crippen LogP contribution in [0.25, 0.3) is 5.65 Å². The fourth-order valence-corrected chi connectivity index (χ4v) is 1.35. The van der Waals surface area contributed by atoms with Gasteiger partial charge in [0.2, 0.25) is 11.5 Å². The molecule has 0 aliphatic rings. The van der Waals surface area contributed by atoms with E-state index in [9.17, 15) is 10.1 Å². The van der Waals surface area contributed by atoms with Gasteiger partial charge < -0.3 is 15.8 Å². The van der Waals surface area contributed by atoms with Gasteiger partial charge in [0.1, 0.15) is 5.69 Å². The first-order valence-corrected chi connectivity index (χ1v) is 3.99. The first kappa shape index (κ1) is 8.49. The smallest absolute Gasteiger partial charge is 0.331 e. The SMILES string of the molecule is Cc1nc2cccc([N+](=O)[O-])n2c1N. The minimum Gasteiger partial charge on any atom is -0.364 e. The van der Waals surface area contributed by atoms with E-state index in [1.807, 2.05) is 0 Å². The molecule has 0 radical (unpaired) electrons. The van der Waals surface area contributed by atoms with E-state index in [0.717, 1.165) is 0 Å². The Morgan fingerprint density at radius 2 is 2.29 bits per heavy atom. The van der Waals surface area contributed by atoms with Crippen molar-refractivity contribution in [2.75, 3.05) is 5.73 Å². The summed E-state index contributed by atoms with van der Waals surface area (Å²) in [6.45, 7) is 1.71. The average Bonchev–Trinajstić information content (AvgIpc) is 2.43. The van der Waals surface area contributed by atoms with Crippen LogP contribution in [0.4, 0.5) is 11.6 Å². The number of nitro groups is 1. The zero-order valence-corrected chi connectivity index (χ0v) is 7.47. The molecule has 72 valence electrons. The van der Waals surface area contributed by atoms with Crippen molar-refractivity contribution in [1.29, 1.82) is 0 Å². The summed E-state index contributed by atoms with van der Waals surface area (Å²) in [6, 6.07) is 4.65. The molecule has 0 spiro atoms. The van der Waals surface area contributed by atoms with Crippen LogP contribution in [0.2, 0.25) is 0 Å². The van der Waals surface area contributed by atoms with Gasteiger partial charge in [-0.25, -0.2) is 4.98 Å². The van der Waals surface area contributed by atoms with Crippen LogP contribution in [-0.4, -0.2) is 14.3 Å². The molecular weight excluding hydrogens is 184 g/mol. The number of aryl methyl sites for hydroxylation is 1. The lowest BCUT2D eigenvalue weighted by atomic mass is 10.4. The van der Waals surface area contributed by atoms with Crippen LogP contribution in [-0.2, 0) is 0 Å². The van der Waals surface area contributed by atoms with E-state index < -0.39 is 4.92 Å². The highest BCUT2D eigenvalue weighted by Gasteiger charge is 2.17. The highest BCUT2D eigenvalue weighted by atomic mass is 16.6. The van der Waals surface area contributed by atoms with Crippen LogP contribution in [0.5, 0.6) is 0 Å². The summed E-state index contributed by atoms with van der Waals surface area (Å²) >= 11 is 0. The quantitative estimate of drug-likeness (QED) is 0.542. The zero-order valence-electron chi connectivity index (χ0n) is 7.47. The number of nitrogen functional groups attached to an aromatic ring is 1. The molecular formula is C8H8N4O2. The number of hydrogen-bond donors (Lipinski definition) is 1. The van der Waals surface area contributed by atoms with Crippen LogP contribution < -0.4 is 5.73 Å². The number of nitrogens with zero attached hydrogens (tertiary/aromatic N) is 3. The minimum atomic E-state index is -0.482. The van der Waals surface area contributed by atoms with Gasteiger partial charge in [0.25, 0.3) is 0 Å². The molecule has 0 atom stereocenters. The highest BCUT2D eigenvalue weighted by Crippen LogP contribution is 2.20. The maximum atomic E-state index is 10.7. The van der Waals surface area contributed by atoms with Crippen LogP contribution in [0.1, 0.15) is 5.69 Å². The van der Waals surface area contributed by atoms with Gasteiger partial charge in [-0.2, -0.15) is 4.40 Å². The molecule has 6 nitrogen and oxygen atoms in total. The molecule has 0 amide bonds. The molecule has 2 heterocycles. The number of rotatable bonds is 1. The Bertz CT molecular complexity index is 517.